The molecule has 138 valence electrons. The van der Waals surface area contributed by atoms with E-state index in [1.54, 1.807) is 19.2 Å². The van der Waals surface area contributed by atoms with E-state index in [4.69, 9.17) is 9.84 Å². The number of hydrogen-bond acceptors (Lipinski definition) is 3. The normalized spacial score (nSPS) is 20.4. The number of rotatable bonds is 5. The topological polar surface area (TPSA) is 78.9 Å². The van der Waals surface area contributed by atoms with Gasteiger partial charge in [-0.2, -0.15) is 13.2 Å². The molecule has 1 aromatic rings. The summed E-state index contributed by atoms with van der Waals surface area (Å²) in [6.45, 7) is -0.862. The zero-order valence-electron chi connectivity index (χ0n) is 13.5. The van der Waals surface area contributed by atoms with Crippen LogP contribution in [0.5, 0.6) is 5.75 Å². The van der Waals surface area contributed by atoms with Crippen LogP contribution < -0.4 is 10.1 Å². The molecule has 0 unspecified atom stereocenters. The van der Waals surface area contributed by atoms with Gasteiger partial charge in [0, 0.05) is 19.6 Å². The van der Waals surface area contributed by atoms with Gasteiger partial charge in [-0.15, -0.1) is 0 Å². The number of ether oxygens (including phenoxy) is 1. The number of likely N-dealkylation sites (tertiary alicyclic amines) is 1. The Hall–Kier alpha value is -2.45. The van der Waals surface area contributed by atoms with Crippen molar-refractivity contribution in [2.24, 2.45) is 11.8 Å². The van der Waals surface area contributed by atoms with Crippen LogP contribution in [0.1, 0.15) is 5.56 Å². The molecule has 1 aromatic carbocycles. The van der Waals surface area contributed by atoms with E-state index in [9.17, 15) is 22.8 Å². The summed E-state index contributed by atoms with van der Waals surface area (Å²) in [5.41, 5.74) is 0.930. The van der Waals surface area contributed by atoms with E-state index >= 15 is 0 Å². The number of carbonyl (C=O) groups is 2. The Morgan fingerprint density at radius 2 is 1.92 bits per heavy atom. The number of carbonyl (C=O) groups excluding carboxylic acids is 1. The fourth-order valence-electron chi connectivity index (χ4n) is 2.77. The molecule has 2 amide bonds. The molecule has 0 radical (unpaired) electrons. The van der Waals surface area contributed by atoms with Crippen molar-refractivity contribution in [3.8, 4) is 5.75 Å². The number of halogens is 3. The molecular weight excluding hydrogens is 341 g/mol. The van der Waals surface area contributed by atoms with Gasteiger partial charge in [-0.3, -0.25) is 4.79 Å². The van der Waals surface area contributed by atoms with Gasteiger partial charge in [0.15, 0.2) is 0 Å². The molecule has 2 rings (SSSR count). The number of nitrogens with zero attached hydrogens (tertiary/aromatic N) is 1. The molecule has 2 atom stereocenters. The minimum Gasteiger partial charge on any atom is -0.497 e. The second kappa shape index (κ2) is 7.62. The summed E-state index contributed by atoms with van der Waals surface area (Å²) in [6, 6.07) is 6.49. The number of urea groups is 1. The van der Waals surface area contributed by atoms with Crippen molar-refractivity contribution < 1.29 is 32.6 Å². The number of nitrogens with one attached hydrogen (secondary N) is 1. The van der Waals surface area contributed by atoms with Gasteiger partial charge in [-0.25, -0.2) is 4.79 Å². The van der Waals surface area contributed by atoms with E-state index in [2.05, 4.69) is 5.32 Å². The predicted molar refractivity (Wildman–Crippen MR) is 82.3 cm³/mol. The third-order valence-corrected chi connectivity index (χ3v) is 4.19. The molecule has 0 bridgehead atoms. The summed E-state index contributed by atoms with van der Waals surface area (Å²) in [5.74, 6) is -4.52. The first kappa shape index (κ1) is 18.9. The van der Waals surface area contributed by atoms with Crippen molar-refractivity contribution in [3.05, 3.63) is 29.8 Å². The molecule has 1 aliphatic heterocycles. The van der Waals surface area contributed by atoms with Crippen LogP contribution in [0.4, 0.5) is 18.0 Å². The average Bonchev–Trinajstić information content (AvgIpc) is 3.01. The Bertz CT molecular complexity index is 619. The maximum Gasteiger partial charge on any atom is 0.394 e. The Balaban J connectivity index is 1.87. The number of benzene rings is 1. The Morgan fingerprint density at radius 1 is 1.28 bits per heavy atom. The summed E-state index contributed by atoms with van der Waals surface area (Å²) in [5, 5.41) is 11.5. The second-order valence-corrected chi connectivity index (χ2v) is 5.83. The molecule has 6 nitrogen and oxygen atoms in total. The SMILES string of the molecule is COc1ccc(CCNC(=O)N2C[C@@H](C(F)(F)F)[C@H](C(=O)O)C2)cc1. The molecule has 0 aromatic heterocycles. The molecule has 25 heavy (non-hydrogen) atoms. The van der Waals surface area contributed by atoms with E-state index in [-0.39, 0.29) is 6.54 Å². The molecule has 1 fully saturated rings. The van der Waals surface area contributed by atoms with Crippen molar-refractivity contribution >= 4 is 12.0 Å². The lowest BCUT2D eigenvalue weighted by atomic mass is 9.96. The van der Waals surface area contributed by atoms with E-state index in [1.165, 1.54) is 0 Å². The van der Waals surface area contributed by atoms with Crippen LogP contribution >= 0.6 is 0 Å². The first-order valence-corrected chi connectivity index (χ1v) is 7.67. The quantitative estimate of drug-likeness (QED) is 0.843. The lowest BCUT2D eigenvalue weighted by Gasteiger charge is -2.18. The molecule has 0 spiro atoms. The van der Waals surface area contributed by atoms with Gasteiger partial charge in [0.25, 0.3) is 0 Å². The largest absolute Gasteiger partial charge is 0.497 e. The van der Waals surface area contributed by atoms with Crippen LogP contribution in [0.15, 0.2) is 24.3 Å². The number of methoxy groups -OCH3 is 1. The highest BCUT2D eigenvalue weighted by molar-refractivity contribution is 5.77. The van der Waals surface area contributed by atoms with Crippen molar-refractivity contribution in [2.75, 3.05) is 26.7 Å². The van der Waals surface area contributed by atoms with Crippen LogP contribution in [0.2, 0.25) is 0 Å². The monoisotopic (exact) mass is 360 g/mol. The summed E-state index contributed by atoms with van der Waals surface area (Å²) in [7, 11) is 1.55. The van der Waals surface area contributed by atoms with Crippen LogP contribution in [-0.2, 0) is 11.2 Å². The fourth-order valence-corrected chi connectivity index (χ4v) is 2.77. The predicted octanol–water partition coefficient (Wildman–Crippen LogP) is 2.14. The molecule has 1 heterocycles. The molecule has 1 saturated heterocycles. The Kier molecular flexibility index (Phi) is 5.76. The highest BCUT2D eigenvalue weighted by Crippen LogP contribution is 2.37. The van der Waals surface area contributed by atoms with E-state index in [0.717, 1.165) is 10.5 Å². The van der Waals surface area contributed by atoms with E-state index in [1.807, 2.05) is 12.1 Å². The number of hydrogen-bond donors (Lipinski definition) is 2. The molecule has 2 N–H and O–H groups in total. The number of amides is 2. The fraction of sp³-hybridized carbons (Fsp3) is 0.500. The number of carboxylic acids is 1. The maximum absolute atomic E-state index is 12.9. The Morgan fingerprint density at radius 3 is 2.40 bits per heavy atom. The third-order valence-electron chi connectivity index (χ3n) is 4.19. The van der Waals surface area contributed by atoms with Crippen LogP contribution in [0.3, 0.4) is 0 Å². The van der Waals surface area contributed by atoms with Crippen LogP contribution in [0.25, 0.3) is 0 Å². The third kappa shape index (κ3) is 4.77. The minimum absolute atomic E-state index is 0.232. The zero-order valence-corrected chi connectivity index (χ0v) is 13.5. The lowest BCUT2D eigenvalue weighted by molar-refractivity contribution is -0.187. The summed E-state index contributed by atoms with van der Waals surface area (Å²) < 4.78 is 43.8. The lowest BCUT2D eigenvalue weighted by Crippen LogP contribution is -2.40. The van der Waals surface area contributed by atoms with Gasteiger partial charge in [-0.05, 0) is 24.1 Å². The van der Waals surface area contributed by atoms with Gasteiger partial charge < -0.3 is 20.1 Å². The smallest absolute Gasteiger partial charge is 0.394 e. The summed E-state index contributed by atoms with van der Waals surface area (Å²) in [6.07, 6.45) is -4.16. The van der Waals surface area contributed by atoms with E-state index in [0.29, 0.717) is 12.2 Å². The standard InChI is InChI=1S/C16H19F3N2O4/c1-25-11-4-2-10(3-5-11)6-7-20-15(24)21-8-12(14(22)23)13(9-21)16(17,18)19/h2-5,12-13H,6-9H2,1H3,(H,20,24)(H,22,23)/t12-,13-/m1/s1. The first-order chi connectivity index (χ1) is 11.7. The van der Waals surface area contributed by atoms with Gasteiger partial charge in [0.2, 0.25) is 0 Å². The van der Waals surface area contributed by atoms with Gasteiger partial charge in [-0.1, -0.05) is 12.1 Å². The van der Waals surface area contributed by atoms with Crippen molar-refractivity contribution in [2.45, 2.75) is 12.6 Å². The van der Waals surface area contributed by atoms with Gasteiger partial charge in [0.1, 0.15) is 5.75 Å². The molecule has 0 saturated carbocycles. The molecule has 1 aliphatic rings. The molecule has 0 aliphatic carbocycles. The second-order valence-electron chi connectivity index (χ2n) is 5.83. The molecular formula is C16H19F3N2O4. The van der Waals surface area contributed by atoms with Crippen molar-refractivity contribution in [1.82, 2.24) is 10.2 Å². The summed E-state index contributed by atoms with van der Waals surface area (Å²) in [4.78, 5) is 23.9. The zero-order chi connectivity index (χ0) is 18.6. The number of carboxylic acid groups (broad SMARTS) is 1. The summed E-state index contributed by atoms with van der Waals surface area (Å²) >= 11 is 0. The van der Waals surface area contributed by atoms with Crippen molar-refractivity contribution in [3.63, 3.8) is 0 Å². The first-order valence-electron chi connectivity index (χ1n) is 7.67. The van der Waals surface area contributed by atoms with Crippen LogP contribution in [-0.4, -0.2) is 54.9 Å². The van der Waals surface area contributed by atoms with Gasteiger partial charge in [0.05, 0.1) is 18.9 Å². The Labute approximate surface area is 142 Å². The average molecular weight is 360 g/mol. The molecule has 9 heteroatoms. The van der Waals surface area contributed by atoms with Crippen LogP contribution in [0, 0.1) is 11.8 Å². The van der Waals surface area contributed by atoms with Crippen molar-refractivity contribution in [1.29, 1.82) is 0 Å². The number of alkyl halides is 3. The van der Waals surface area contributed by atoms with E-state index < -0.39 is 43.1 Å². The van der Waals surface area contributed by atoms with Gasteiger partial charge >= 0.3 is 18.2 Å². The highest BCUT2D eigenvalue weighted by atomic mass is 19.4. The maximum atomic E-state index is 12.9. The number of aliphatic carboxylic acids is 1. The highest BCUT2D eigenvalue weighted by Gasteiger charge is 2.53. The minimum atomic E-state index is -4.65.